The Labute approximate surface area is 98.5 Å². The summed E-state index contributed by atoms with van der Waals surface area (Å²) in [6.45, 7) is 3.93. The Morgan fingerprint density at radius 2 is 1.59 bits per heavy atom. The van der Waals surface area contributed by atoms with Crippen molar-refractivity contribution in [2.24, 2.45) is 0 Å². The van der Waals surface area contributed by atoms with Gasteiger partial charge in [0.2, 0.25) is 0 Å². The first kappa shape index (κ1) is 12.0. The molecule has 0 atom stereocenters. The molecule has 0 spiro atoms. The zero-order valence-electron chi connectivity index (χ0n) is 9.73. The highest BCUT2D eigenvalue weighted by Crippen LogP contribution is 2.34. The van der Waals surface area contributed by atoms with E-state index in [4.69, 9.17) is 0 Å². The Kier molecular flexibility index (Phi) is 2.86. The van der Waals surface area contributed by atoms with Crippen LogP contribution in [0.15, 0.2) is 58.2 Å². The molecule has 0 aliphatic heterocycles. The monoisotopic (exact) mass is 238 g/mol. The molecule has 17 heavy (non-hydrogen) atoms. The third kappa shape index (κ3) is 2.43. The molecule has 0 heterocycles. The molecule has 0 amide bonds. The van der Waals surface area contributed by atoms with Crippen LogP contribution < -0.4 is 0 Å². The maximum atomic E-state index is 12.6. The van der Waals surface area contributed by atoms with E-state index in [-0.39, 0.29) is 0 Å². The Morgan fingerprint density at radius 3 is 2.12 bits per heavy atom. The van der Waals surface area contributed by atoms with Crippen molar-refractivity contribution < 1.29 is 13.2 Å². The van der Waals surface area contributed by atoms with Gasteiger partial charge in [0.05, 0.1) is 5.57 Å². The fourth-order valence-electron chi connectivity index (χ4n) is 1.91. The second-order valence-electron chi connectivity index (χ2n) is 4.34. The lowest BCUT2D eigenvalue weighted by Crippen LogP contribution is -2.11. The smallest absolute Gasteiger partial charge is 0.166 e. The molecule has 90 valence electrons. The first-order chi connectivity index (χ1) is 7.88. The SMILES string of the molecule is CC1=CC(=C2C=C(C(F)(F)F)C=CC2)C=C1C. The van der Waals surface area contributed by atoms with Crippen LogP contribution in [-0.4, -0.2) is 6.18 Å². The molecular formula is C14H13F3. The van der Waals surface area contributed by atoms with Crippen molar-refractivity contribution in [3.05, 3.63) is 58.2 Å². The van der Waals surface area contributed by atoms with Crippen LogP contribution in [0.2, 0.25) is 0 Å². The number of allylic oxidation sites excluding steroid dienone is 10. The molecule has 0 aromatic carbocycles. The maximum absolute atomic E-state index is 12.6. The highest BCUT2D eigenvalue weighted by molar-refractivity contribution is 5.56. The molecule has 2 rings (SSSR count). The summed E-state index contributed by atoms with van der Waals surface area (Å²) in [6.07, 6.45) is 4.13. The van der Waals surface area contributed by atoms with Crippen LogP contribution in [0.3, 0.4) is 0 Å². The van der Waals surface area contributed by atoms with E-state index in [0.717, 1.165) is 28.4 Å². The summed E-state index contributed by atoms with van der Waals surface area (Å²) in [7, 11) is 0. The highest BCUT2D eigenvalue weighted by Gasteiger charge is 2.32. The van der Waals surface area contributed by atoms with Gasteiger partial charge in [0, 0.05) is 0 Å². The van der Waals surface area contributed by atoms with Crippen LogP contribution in [0.5, 0.6) is 0 Å². The molecule has 0 fully saturated rings. The molecular weight excluding hydrogens is 225 g/mol. The molecule has 3 heteroatoms. The molecule has 2 aliphatic rings. The van der Waals surface area contributed by atoms with Crippen molar-refractivity contribution in [2.45, 2.75) is 26.4 Å². The molecule has 0 radical (unpaired) electrons. The molecule has 0 saturated heterocycles. The number of hydrogen-bond acceptors (Lipinski definition) is 0. The Balaban J connectivity index is 2.41. The van der Waals surface area contributed by atoms with Gasteiger partial charge in [0.25, 0.3) is 0 Å². The van der Waals surface area contributed by atoms with E-state index >= 15 is 0 Å². The number of halogens is 3. The summed E-state index contributed by atoms with van der Waals surface area (Å²) in [5.74, 6) is 0. The van der Waals surface area contributed by atoms with Crippen molar-refractivity contribution in [3.63, 3.8) is 0 Å². The van der Waals surface area contributed by atoms with Gasteiger partial charge in [0.15, 0.2) is 0 Å². The van der Waals surface area contributed by atoms with E-state index in [2.05, 4.69) is 0 Å². The topological polar surface area (TPSA) is 0 Å². The molecule has 0 N–H and O–H groups in total. The molecule has 0 bridgehead atoms. The van der Waals surface area contributed by atoms with Crippen molar-refractivity contribution in [2.75, 3.05) is 0 Å². The maximum Gasteiger partial charge on any atom is 0.416 e. The molecule has 2 aliphatic carbocycles. The minimum atomic E-state index is -4.27. The van der Waals surface area contributed by atoms with Gasteiger partial charge in [-0.2, -0.15) is 13.2 Å². The van der Waals surface area contributed by atoms with Crippen LogP contribution in [0.25, 0.3) is 0 Å². The third-order valence-electron chi connectivity index (χ3n) is 3.03. The van der Waals surface area contributed by atoms with Gasteiger partial charge in [-0.15, -0.1) is 0 Å². The fourth-order valence-corrected chi connectivity index (χ4v) is 1.91. The average Bonchev–Trinajstić information content (AvgIpc) is 2.58. The van der Waals surface area contributed by atoms with Crippen molar-refractivity contribution in [3.8, 4) is 0 Å². The van der Waals surface area contributed by atoms with Crippen LogP contribution in [0.1, 0.15) is 20.3 Å². The largest absolute Gasteiger partial charge is 0.416 e. The number of alkyl halides is 3. The lowest BCUT2D eigenvalue weighted by molar-refractivity contribution is -0.0883. The zero-order valence-corrected chi connectivity index (χ0v) is 9.73. The van der Waals surface area contributed by atoms with Gasteiger partial charge in [-0.05, 0) is 48.6 Å². The second-order valence-corrected chi connectivity index (χ2v) is 4.34. The average molecular weight is 238 g/mol. The van der Waals surface area contributed by atoms with Crippen LogP contribution >= 0.6 is 0 Å². The van der Waals surface area contributed by atoms with Gasteiger partial charge >= 0.3 is 6.18 Å². The van der Waals surface area contributed by atoms with E-state index in [1.165, 1.54) is 6.08 Å². The summed E-state index contributed by atoms with van der Waals surface area (Å²) in [5, 5.41) is 0. The fraction of sp³-hybridized carbons (Fsp3) is 0.286. The van der Waals surface area contributed by atoms with Crippen molar-refractivity contribution in [1.82, 2.24) is 0 Å². The van der Waals surface area contributed by atoms with E-state index < -0.39 is 11.7 Å². The Bertz CT molecular complexity index is 474. The molecule has 0 aromatic heterocycles. The van der Waals surface area contributed by atoms with E-state index in [9.17, 15) is 13.2 Å². The van der Waals surface area contributed by atoms with Gasteiger partial charge < -0.3 is 0 Å². The normalized spacial score (nSPS) is 20.4. The van der Waals surface area contributed by atoms with Gasteiger partial charge in [0.1, 0.15) is 0 Å². The lowest BCUT2D eigenvalue weighted by atomic mass is 9.97. The van der Waals surface area contributed by atoms with Gasteiger partial charge in [-0.1, -0.05) is 24.3 Å². The summed E-state index contributed by atoms with van der Waals surface area (Å²) in [5.41, 5.74) is 3.28. The van der Waals surface area contributed by atoms with Crippen molar-refractivity contribution in [1.29, 1.82) is 0 Å². The second kappa shape index (κ2) is 4.06. The predicted molar refractivity (Wildman–Crippen MR) is 62.4 cm³/mol. The standard InChI is InChI=1S/C14H13F3/c1-9-6-12(7-10(9)2)11-4-3-5-13(8-11)14(15,16)17/h3,5-8H,4H2,1-2H3. The number of rotatable bonds is 0. The van der Waals surface area contributed by atoms with E-state index in [1.54, 1.807) is 6.08 Å². The first-order valence-corrected chi connectivity index (χ1v) is 5.43. The van der Waals surface area contributed by atoms with Crippen molar-refractivity contribution >= 4 is 0 Å². The first-order valence-electron chi connectivity index (χ1n) is 5.43. The summed E-state index contributed by atoms with van der Waals surface area (Å²) >= 11 is 0. The Morgan fingerprint density at radius 1 is 1.00 bits per heavy atom. The summed E-state index contributed by atoms with van der Waals surface area (Å²) in [6, 6.07) is 0. The molecule has 0 aromatic rings. The Hall–Kier alpha value is -1.51. The summed E-state index contributed by atoms with van der Waals surface area (Å²) < 4.78 is 37.7. The van der Waals surface area contributed by atoms with Crippen LogP contribution in [0.4, 0.5) is 13.2 Å². The van der Waals surface area contributed by atoms with Gasteiger partial charge in [-0.3, -0.25) is 0 Å². The summed E-state index contributed by atoms with van der Waals surface area (Å²) in [4.78, 5) is 0. The minimum absolute atomic E-state index is 0.558. The lowest BCUT2D eigenvalue weighted by Gasteiger charge is -2.13. The van der Waals surface area contributed by atoms with Crippen LogP contribution in [0, 0.1) is 0 Å². The zero-order chi connectivity index (χ0) is 12.6. The quantitative estimate of drug-likeness (QED) is 0.576. The number of hydrogen-bond donors (Lipinski definition) is 0. The highest BCUT2D eigenvalue weighted by atomic mass is 19.4. The minimum Gasteiger partial charge on any atom is -0.166 e. The van der Waals surface area contributed by atoms with E-state index in [1.807, 2.05) is 26.0 Å². The molecule has 0 unspecified atom stereocenters. The van der Waals surface area contributed by atoms with Crippen LogP contribution in [-0.2, 0) is 0 Å². The van der Waals surface area contributed by atoms with E-state index in [0.29, 0.717) is 6.42 Å². The third-order valence-corrected chi connectivity index (χ3v) is 3.03. The van der Waals surface area contributed by atoms with Gasteiger partial charge in [-0.25, -0.2) is 0 Å². The predicted octanol–water partition coefficient (Wildman–Crippen LogP) is 4.64. The molecule has 0 nitrogen and oxygen atoms in total. The molecule has 0 saturated carbocycles.